The van der Waals surface area contributed by atoms with Crippen molar-refractivity contribution in [3.8, 4) is 11.5 Å². The van der Waals surface area contributed by atoms with Crippen LogP contribution in [0.15, 0.2) is 48.5 Å². The normalized spacial score (nSPS) is 12.6. The smallest absolute Gasteiger partial charge is 0.310 e. The number of hydrogen-bond acceptors (Lipinski definition) is 6. The predicted octanol–water partition coefficient (Wildman–Crippen LogP) is 7.66. The maximum atomic E-state index is 14.0. The van der Waals surface area contributed by atoms with Crippen molar-refractivity contribution in [3.05, 3.63) is 65.2 Å². The molecular formula is C34H41NO6. The Morgan fingerprint density at radius 1 is 0.683 bits per heavy atom. The second-order valence-electron chi connectivity index (χ2n) is 10.4. The van der Waals surface area contributed by atoms with Gasteiger partial charge in [-0.3, -0.25) is 14.4 Å². The summed E-state index contributed by atoms with van der Waals surface area (Å²) in [7, 11) is 0. The Morgan fingerprint density at radius 3 is 1.66 bits per heavy atom. The average Bonchev–Trinajstić information content (AvgIpc) is 3.23. The van der Waals surface area contributed by atoms with Gasteiger partial charge in [-0.05, 0) is 37.5 Å². The molecule has 1 heterocycles. The highest BCUT2D eigenvalue weighted by Crippen LogP contribution is 2.46. The Labute approximate surface area is 242 Å². The van der Waals surface area contributed by atoms with Gasteiger partial charge in [0.05, 0.1) is 43.1 Å². The Hall–Kier alpha value is -3.87. The van der Waals surface area contributed by atoms with E-state index in [0.29, 0.717) is 37.0 Å². The van der Waals surface area contributed by atoms with E-state index in [9.17, 15) is 14.4 Å². The maximum Gasteiger partial charge on any atom is 0.310 e. The number of carbonyl (C=O) groups is 3. The molecule has 0 atom stereocenters. The second kappa shape index (κ2) is 14.7. The standard InChI is InChI=1S/C34H41NO6/c1-4-7-9-13-21-40-31-26-15-11-12-16-27(26)32(41-22-14-10-8-5-2)30-29(31)33(37)35(34(30)38)25-19-17-24(18-20-25)23-28(36)39-6-3/h11-12,15-20H,4-10,13-14,21-23H2,1-3H3. The maximum absolute atomic E-state index is 14.0. The molecule has 4 rings (SSSR count). The topological polar surface area (TPSA) is 82.1 Å². The van der Waals surface area contributed by atoms with Crippen molar-refractivity contribution >= 4 is 34.2 Å². The molecule has 0 saturated carbocycles. The van der Waals surface area contributed by atoms with E-state index in [0.717, 1.165) is 67.7 Å². The molecule has 3 aromatic carbocycles. The summed E-state index contributed by atoms with van der Waals surface area (Å²) >= 11 is 0. The molecular weight excluding hydrogens is 518 g/mol. The van der Waals surface area contributed by atoms with Gasteiger partial charge in [0, 0.05) is 10.8 Å². The minimum atomic E-state index is -0.437. The van der Waals surface area contributed by atoms with Crippen molar-refractivity contribution in [2.75, 3.05) is 24.7 Å². The van der Waals surface area contributed by atoms with Crippen molar-refractivity contribution in [3.63, 3.8) is 0 Å². The molecule has 0 aliphatic carbocycles. The molecule has 2 amide bonds. The first kappa shape index (κ1) is 30.1. The average molecular weight is 560 g/mol. The lowest BCUT2D eigenvalue weighted by molar-refractivity contribution is -0.142. The van der Waals surface area contributed by atoms with Crippen LogP contribution in [0.1, 0.15) is 98.4 Å². The highest BCUT2D eigenvalue weighted by molar-refractivity contribution is 6.38. The summed E-state index contributed by atoms with van der Waals surface area (Å²) in [6.45, 7) is 7.30. The minimum Gasteiger partial charge on any atom is -0.492 e. The molecule has 0 spiro atoms. The first-order valence-electron chi connectivity index (χ1n) is 15.0. The number of rotatable bonds is 16. The van der Waals surface area contributed by atoms with Gasteiger partial charge < -0.3 is 14.2 Å². The van der Waals surface area contributed by atoms with E-state index in [-0.39, 0.29) is 23.5 Å². The van der Waals surface area contributed by atoms with Crippen LogP contribution in [0.25, 0.3) is 10.8 Å². The summed E-state index contributed by atoms with van der Waals surface area (Å²) in [5, 5.41) is 1.52. The molecule has 218 valence electrons. The summed E-state index contributed by atoms with van der Waals surface area (Å²) in [5.74, 6) is -0.328. The Bertz CT molecular complexity index is 1290. The number of unbranched alkanes of at least 4 members (excludes halogenated alkanes) is 6. The van der Waals surface area contributed by atoms with Gasteiger partial charge in [0.25, 0.3) is 11.8 Å². The van der Waals surface area contributed by atoms with E-state index in [1.807, 2.05) is 24.3 Å². The van der Waals surface area contributed by atoms with Gasteiger partial charge in [0.2, 0.25) is 0 Å². The van der Waals surface area contributed by atoms with Gasteiger partial charge in [-0.1, -0.05) is 88.8 Å². The van der Waals surface area contributed by atoms with Crippen molar-refractivity contribution in [1.29, 1.82) is 0 Å². The Balaban J connectivity index is 1.73. The lowest BCUT2D eigenvalue weighted by Crippen LogP contribution is -2.29. The van der Waals surface area contributed by atoms with Gasteiger partial charge in [-0.15, -0.1) is 0 Å². The van der Waals surface area contributed by atoms with E-state index in [1.54, 1.807) is 31.2 Å². The fourth-order valence-corrected chi connectivity index (χ4v) is 5.18. The van der Waals surface area contributed by atoms with Crippen molar-refractivity contribution in [2.45, 2.75) is 78.6 Å². The van der Waals surface area contributed by atoms with E-state index >= 15 is 0 Å². The number of anilines is 1. The second-order valence-corrected chi connectivity index (χ2v) is 10.4. The Kier molecular flexibility index (Phi) is 10.8. The number of nitrogens with zero attached hydrogens (tertiary/aromatic N) is 1. The third-order valence-electron chi connectivity index (χ3n) is 7.29. The SMILES string of the molecule is CCCCCCOc1c2c(c(OCCCCCC)c3ccccc13)C(=O)N(c1ccc(CC(=O)OCC)cc1)C2=O. The van der Waals surface area contributed by atoms with Crippen LogP contribution >= 0.6 is 0 Å². The number of fused-ring (bicyclic) bond motifs is 2. The van der Waals surface area contributed by atoms with Crippen LogP contribution in [-0.2, 0) is 16.0 Å². The molecule has 0 saturated heterocycles. The molecule has 7 nitrogen and oxygen atoms in total. The first-order chi connectivity index (χ1) is 20.0. The van der Waals surface area contributed by atoms with Crippen LogP contribution < -0.4 is 14.4 Å². The fourth-order valence-electron chi connectivity index (χ4n) is 5.18. The van der Waals surface area contributed by atoms with Crippen LogP contribution in [0.2, 0.25) is 0 Å². The molecule has 7 heteroatoms. The van der Waals surface area contributed by atoms with Gasteiger partial charge in [0.15, 0.2) is 0 Å². The monoisotopic (exact) mass is 559 g/mol. The number of benzene rings is 3. The highest BCUT2D eigenvalue weighted by atomic mass is 16.5. The number of amides is 2. The van der Waals surface area contributed by atoms with Gasteiger partial charge in [-0.25, -0.2) is 4.90 Å². The number of ether oxygens (including phenoxy) is 3. The molecule has 1 aliphatic rings. The molecule has 0 N–H and O–H groups in total. The molecule has 41 heavy (non-hydrogen) atoms. The summed E-state index contributed by atoms with van der Waals surface area (Å²) in [4.78, 5) is 41.1. The number of hydrogen-bond donors (Lipinski definition) is 0. The molecule has 3 aromatic rings. The summed E-state index contributed by atoms with van der Waals surface area (Å²) in [6, 6.07) is 14.5. The van der Waals surface area contributed by atoms with Crippen LogP contribution in [0, 0.1) is 0 Å². The van der Waals surface area contributed by atoms with Crippen LogP contribution in [0.3, 0.4) is 0 Å². The van der Waals surface area contributed by atoms with Crippen molar-refractivity contribution in [2.24, 2.45) is 0 Å². The van der Waals surface area contributed by atoms with E-state index in [1.165, 1.54) is 4.90 Å². The summed E-state index contributed by atoms with van der Waals surface area (Å²) < 4.78 is 17.6. The van der Waals surface area contributed by atoms with Crippen LogP contribution in [0.4, 0.5) is 5.69 Å². The van der Waals surface area contributed by atoms with Crippen molar-refractivity contribution in [1.82, 2.24) is 0 Å². The molecule has 0 radical (unpaired) electrons. The number of imide groups is 1. The van der Waals surface area contributed by atoms with Crippen molar-refractivity contribution < 1.29 is 28.6 Å². The zero-order valence-electron chi connectivity index (χ0n) is 24.5. The number of carbonyl (C=O) groups excluding carboxylic acids is 3. The molecule has 0 fully saturated rings. The number of esters is 1. The van der Waals surface area contributed by atoms with Crippen LogP contribution in [-0.4, -0.2) is 37.6 Å². The van der Waals surface area contributed by atoms with E-state index in [2.05, 4.69) is 13.8 Å². The predicted molar refractivity (Wildman–Crippen MR) is 161 cm³/mol. The van der Waals surface area contributed by atoms with Crippen LogP contribution in [0.5, 0.6) is 11.5 Å². The summed E-state index contributed by atoms with van der Waals surface area (Å²) in [6.07, 6.45) is 8.37. The Morgan fingerprint density at radius 2 is 1.20 bits per heavy atom. The van der Waals surface area contributed by atoms with E-state index in [4.69, 9.17) is 14.2 Å². The third-order valence-corrected chi connectivity index (χ3v) is 7.29. The molecule has 0 unspecified atom stereocenters. The highest BCUT2D eigenvalue weighted by Gasteiger charge is 2.43. The zero-order valence-corrected chi connectivity index (χ0v) is 24.5. The molecule has 0 bridgehead atoms. The van der Waals surface area contributed by atoms with E-state index < -0.39 is 11.8 Å². The molecule has 1 aliphatic heterocycles. The molecule has 0 aromatic heterocycles. The third kappa shape index (κ3) is 6.89. The van der Waals surface area contributed by atoms with Gasteiger partial charge in [0.1, 0.15) is 11.5 Å². The van der Waals surface area contributed by atoms with Gasteiger partial charge in [-0.2, -0.15) is 0 Å². The fraction of sp³-hybridized carbons (Fsp3) is 0.441. The first-order valence-corrected chi connectivity index (χ1v) is 15.0. The lowest BCUT2D eigenvalue weighted by atomic mass is 9.99. The largest absolute Gasteiger partial charge is 0.492 e. The summed E-state index contributed by atoms with van der Waals surface area (Å²) in [5.41, 5.74) is 1.67. The minimum absolute atomic E-state index is 0.119. The lowest BCUT2D eigenvalue weighted by Gasteiger charge is -2.17. The van der Waals surface area contributed by atoms with Gasteiger partial charge >= 0.3 is 5.97 Å². The quantitative estimate of drug-likeness (QED) is 0.102. The zero-order chi connectivity index (χ0) is 29.2.